The smallest absolute Gasteiger partial charge is 0.221 e. The van der Waals surface area contributed by atoms with Gasteiger partial charge in [0, 0.05) is 32.5 Å². The van der Waals surface area contributed by atoms with E-state index >= 15 is 0 Å². The average Bonchev–Trinajstić information content (AvgIpc) is 2.69. The minimum atomic E-state index is -0.154. The highest BCUT2D eigenvalue weighted by molar-refractivity contribution is 5.76. The van der Waals surface area contributed by atoms with E-state index in [1.54, 1.807) is 0 Å². The lowest BCUT2D eigenvalue weighted by Crippen LogP contribution is -2.52. The minimum Gasteiger partial charge on any atom is -0.488 e. The van der Waals surface area contributed by atoms with E-state index in [2.05, 4.69) is 10.2 Å². The van der Waals surface area contributed by atoms with Crippen molar-refractivity contribution in [2.45, 2.75) is 31.6 Å². The van der Waals surface area contributed by atoms with Gasteiger partial charge >= 0.3 is 0 Å². The molecule has 0 aliphatic carbocycles. The number of ether oxygens (including phenoxy) is 3. The molecular weight excluding hydrogens is 336 g/mol. The molecule has 0 unspecified atom stereocenters. The van der Waals surface area contributed by atoms with E-state index in [1.165, 1.54) is 0 Å². The first-order valence-corrected chi connectivity index (χ1v) is 9.28. The summed E-state index contributed by atoms with van der Waals surface area (Å²) >= 11 is 0. The van der Waals surface area contributed by atoms with E-state index < -0.39 is 0 Å². The molecule has 2 heterocycles. The molecule has 3 rings (SSSR count). The molecule has 26 heavy (non-hydrogen) atoms. The summed E-state index contributed by atoms with van der Waals surface area (Å²) in [5.41, 5.74) is 0.845. The zero-order valence-electron chi connectivity index (χ0n) is 15.1. The number of morpholine rings is 1. The Morgan fingerprint density at radius 1 is 1.19 bits per heavy atom. The van der Waals surface area contributed by atoms with Crippen molar-refractivity contribution >= 4 is 5.91 Å². The van der Waals surface area contributed by atoms with Crippen LogP contribution >= 0.6 is 0 Å². The minimum absolute atomic E-state index is 0.0133. The summed E-state index contributed by atoms with van der Waals surface area (Å²) in [6, 6.07) is 7.21. The number of carbonyl (C=O) groups excluding carboxylic acids is 1. The van der Waals surface area contributed by atoms with Gasteiger partial charge in [0.15, 0.2) is 0 Å². The Hall–Kier alpha value is -1.67. The van der Waals surface area contributed by atoms with Crippen molar-refractivity contribution in [3.8, 4) is 5.75 Å². The second kappa shape index (κ2) is 9.87. The molecule has 0 bridgehead atoms. The van der Waals surface area contributed by atoms with Crippen LogP contribution < -0.4 is 10.1 Å². The van der Waals surface area contributed by atoms with Gasteiger partial charge in [0.25, 0.3) is 0 Å². The largest absolute Gasteiger partial charge is 0.488 e. The van der Waals surface area contributed by atoms with E-state index in [1.807, 2.05) is 24.3 Å². The molecule has 1 amide bonds. The van der Waals surface area contributed by atoms with Gasteiger partial charge < -0.3 is 24.6 Å². The predicted molar refractivity (Wildman–Crippen MR) is 96.0 cm³/mol. The molecule has 1 aromatic rings. The lowest BCUT2D eigenvalue weighted by Gasteiger charge is -2.33. The molecule has 2 saturated heterocycles. The number of nitrogens with zero attached hydrogens (tertiary/aromatic N) is 1. The number of rotatable bonds is 7. The maximum absolute atomic E-state index is 12.3. The van der Waals surface area contributed by atoms with Gasteiger partial charge in [0.2, 0.25) is 5.91 Å². The van der Waals surface area contributed by atoms with Gasteiger partial charge in [-0.25, -0.2) is 0 Å². The van der Waals surface area contributed by atoms with Crippen LogP contribution in [0.1, 0.15) is 18.4 Å². The predicted octanol–water partition coefficient (Wildman–Crippen LogP) is 0.554. The molecule has 2 atom stereocenters. The van der Waals surface area contributed by atoms with Gasteiger partial charge in [-0.15, -0.1) is 0 Å². The first kappa shape index (κ1) is 19.1. The Bertz CT molecular complexity index is 560. The molecule has 7 nitrogen and oxygen atoms in total. The van der Waals surface area contributed by atoms with Crippen molar-refractivity contribution in [2.75, 3.05) is 46.1 Å². The molecule has 2 fully saturated rings. The Morgan fingerprint density at radius 2 is 1.96 bits per heavy atom. The highest BCUT2D eigenvalue weighted by Crippen LogP contribution is 2.19. The number of aliphatic hydroxyl groups is 1. The van der Waals surface area contributed by atoms with Gasteiger partial charge in [-0.1, -0.05) is 12.1 Å². The van der Waals surface area contributed by atoms with Crippen LogP contribution in [-0.4, -0.2) is 74.1 Å². The van der Waals surface area contributed by atoms with Crippen LogP contribution in [0.25, 0.3) is 0 Å². The highest BCUT2D eigenvalue weighted by atomic mass is 16.5. The van der Waals surface area contributed by atoms with Gasteiger partial charge in [-0.05, 0) is 17.7 Å². The molecule has 2 N–H and O–H groups in total. The topological polar surface area (TPSA) is 80.3 Å². The SMILES string of the molecule is O=C(CCN1CCOCC1)N[C@@H]1COCC[C@H]1Oc1ccc(CO)cc1. The Labute approximate surface area is 154 Å². The number of benzene rings is 1. The molecule has 0 radical (unpaired) electrons. The number of carbonyl (C=O) groups is 1. The van der Waals surface area contributed by atoms with Crippen LogP contribution in [0, 0.1) is 0 Å². The molecular formula is C19H28N2O5. The maximum atomic E-state index is 12.3. The van der Waals surface area contributed by atoms with Crippen molar-refractivity contribution in [3.63, 3.8) is 0 Å². The van der Waals surface area contributed by atoms with Gasteiger partial charge in [0.1, 0.15) is 11.9 Å². The molecule has 7 heteroatoms. The summed E-state index contributed by atoms with van der Waals surface area (Å²) < 4.78 is 16.9. The number of amides is 1. The van der Waals surface area contributed by atoms with E-state index in [-0.39, 0.29) is 24.7 Å². The van der Waals surface area contributed by atoms with Crippen molar-refractivity contribution in [1.82, 2.24) is 10.2 Å². The lowest BCUT2D eigenvalue weighted by atomic mass is 10.1. The van der Waals surface area contributed by atoms with E-state index in [0.717, 1.165) is 50.6 Å². The zero-order chi connectivity index (χ0) is 18.2. The molecule has 0 saturated carbocycles. The van der Waals surface area contributed by atoms with E-state index in [9.17, 15) is 4.79 Å². The third-order valence-corrected chi connectivity index (χ3v) is 4.79. The lowest BCUT2D eigenvalue weighted by molar-refractivity contribution is -0.124. The molecule has 2 aliphatic rings. The van der Waals surface area contributed by atoms with Gasteiger partial charge in [-0.2, -0.15) is 0 Å². The third-order valence-electron chi connectivity index (χ3n) is 4.79. The van der Waals surface area contributed by atoms with Gasteiger partial charge in [0.05, 0.1) is 39.1 Å². The van der Waals surface area contributed by atoms with Crippen LogP contribution in [0.5, 0.6) is 5.75 Å². The Balaban J connectivity index is 1.48. The number of hydrogen-bond donors (Lipinski definition) is 2. The highest BCUT2D eigenvalue weighted by Gasteiger charge is 2.29. The van der Waals surface area contributed by atoms with Gasteiger partial charge in [-0.3, -0.25) is 9.69 Å². The molecule has 0 aromatic heterocycles. The average molecular weight is 364 g/mol. The van der Waals surface area contributed by atoms with Crippen LogP contribution in [0.3, 0.4) is 0 Å². The molecule has 1 aromatic carbocycles. The fourth-order valence-electron chi connectivity index (χ4n) is 3.21. The molecule has 144 valence electrons. The quantitative estimate of drug-likeness (QED) is 0.736. The fourth-order valence-corrected chi connectivity index (χ4v) is 3.21. The Kier molecular flexibility index (Phi) is 7.25. The number of nitrogens with one attached hydrogen (secondary N) is 1. The first-order valence-electron chi connectivity index (χ1n) is 9.28. The van der Waals surface area contributed by atoms with Crippen LogP contribution in [0.4, 0.5) is 0 Å². The second-order valence-corrected chi connectivity index (χ2v) is 6.70. The van der Waals surface area contributed by atoms with E-state index in [0.29, 0.717) is 19.6 Å². The monoisotopic (exact) mass is 364 g/mol. The van der Waals surface area contributed by atoms with Crippen molar-refractivity contribution in [3.05, 3.63) is 29.8 Å². The first-order chi connectivity index (χ1) is 12.7. The Morgan fingerprint density at radius 3 is 2.69 bits per heavy atom. The summed E-state index contributed by atoms with van der Waals surface area (Å²) in [7, 11) is 0. The van der Waals surface area contributed by atoms with E-state index in [4.69, 9.17) is 19.3 Å². The maximum Gasteiger partial charge on any atom is 0.221 e. The number of hydrogen-bond acceptors (Lipinski definition) is 6. The molecule has 2 aliphatic heterocycles. The third kappa shape index (κ3) is 5.67. The van der Waals surface area contributed by atoms with Crippen molar-refractivity contribution < 1.29 is 24.1 Å². The summed E-state index contributed by atoms with van der Waals surface area (Å²) in [5, 5.41) is 12.2. The fraction of sp³-hybridized carbons (Fsp3) is 0.632. The standard InChI is InChI=1S/C19H28N2O5/c22-13-15-1-3-16(4-2-15)26-18-6-10-25-14-17(18)20-19(23)5-7-21-8-11-24-12-9-21/h1-4,17-18,22H,5-14H2,(H,20,23)/t17-,18-/m1/s1. The summed E-state index contributed by atoms with van der Waals surface area (Å²) in [6.45, 7) is 5.09. The summed E-state index contributed by atoms with van der Waals surface area (Å²) in [6.07, 6.45) is 1.08. The summed E-state index contributed by atoms with van der Waals surface area (Å²) in [5.74, 6) is 0.762. The van der Waals surface area contributed by atoms with Crippen molar-refractivity contribution in [1.29, 1.82) is 0 Å². The second-order valence-electron chi connectivity index (χ2n) is 6.70. The zero-order valence-corrected chi connectivity index (χ0v) is 15.1. The molecule has 0 spiro atoms. The van der Waals surface area contributed by atoms with Crippen LogP contribution in [-0.2, 0) is 20.9 Å². The summed E-state index contributed by atoms with van der Waals surface area (Å²) in [4.78, 5) is 14.6. The van der Waals surface area contributed by atoms with Crippen LogP contribution in [0.2, 0.25) is 0 Å². The van der Waals surface area contributed by atoms with Crippen molar-refractivity contribution in [2.24, 2.45) is 0 Å². The number of aliphatic hydroxyl groups excluding tert-OH is 1. The normalized spacial score (nSPS) is 24.2. The van der Waals surface area contributed by atoms with Crippen LogP contribution in [0.15, 0.2) is 24.3 Å².